The first-order valence-electron chi connectivity index (χ1n) is 1.79. The van der Waals surface area contributed by atoms with Gasteiger partial charge in [0.2, 0.25) is 0 Å². The minimum absolute atomic E-state index is 0.398. The lowest BCUT2D eigenvalue weighted by Crippen LogP contribution is -1.91. The van der Waals surface area contributed by atoms with Crippen LogP contribution in [0.4, 0.5) is 5.82 Å². The molecule has 0 aliphatic rings. The lowest BCUT2D eigenvalue weighted by Gasteiger charge is -1.80. The summed E-state index contributed by atoms with van der Waals surface area (Å²) in [6.45, 7) is 0. The third-order valence-corrected chi connectivity index (χ3v) is 0.524. The summed E-state index contributed by atoms with van der Waals surface area (Å²) in [5, 5.41) is 10.1. The van der Waals surface area contributed by atoms with Gasteiger partial charge in [-0.05, 0) is 5.21 Å². The molecule has 0 radical (unpaired) electrons. The number of nitrogens with two attached hydrogens (primary N) is 1. The second kappa shape index (κ2) is 1.51. The highest BCUT2D eigenvalue weighted by atomic mass is 15.3. The van der Waals surface area contributed by atoms with E-state index in [-0.39, 0.29) is 0 Å². The summed E-state index contributed by atoms with van der Waals surface area (Å²) in [5.74, 6) is 0.398. The highest BCUT2D eigenvalue weighted by molar-refractivity contribution is 5.21. The maximum atomic E-state index is 5.14. The predicted octanol–water partition coefficient (Wildman–Crippen LogP) is -0.546. The Morgan fingerprint density at radius 3 is 2.71 bits per heavy atom. The Kier molecular flexibility index (Phi) is 0.856. The molecule has 0 unspecified atom stereocenters. The molecule has 0 amide bonds. The first kappa shape index (κ1) is 3.98. The minimum atomic E-state index is 0.398. The van der Waals surface area contributed by atoms with Crippen molar-refractivity contribution in [2.75, 3.05) is 5.73 Å². The normalized spacial score (nSPS) is 8.57. The van der Waals surface area contributed by atoms with Crippen molar-refractivity contribution in [2.45, 2.75) is 0 Å². The monoisotopic (exact) mass is 96.0 g/mol. The van der Waals surface area contributed by atoms with Gasteiger partial charge in [0.1, 0.15) is 5.82 Å². The van der Waals surface area contributed by atoms with Crippen LogP contribution in [-0.4, -0.2) is 15.4 Å². The van der Waals surface area contributed by atoms with Crippen LogP contribution in [0.3, 0.4) is 0 Å². The Labute approximate surface area is 40.4 Å². The van der Waals surface area contributed by atoms with E-state index in [1.165, 1.54) is 6.20 Å². The number of hydrogen-bond acceptors (Lipinski definition) is 4. The zero-order chi connectivity index (χ0) is 5.11. The molecule has 1 rings (SSSR count). The molecule has 36 valence electrons. The van der Waals surface area contributed by atoms with Gasteiger partial charge in [0, 0.05) is 6.07 Å². The number of nitrogens with zero attached hydrogens (tertiary/aromatic N) is 3. The van der Waals surface area contributed by atoms with E-state index in [0.29, 0.717) is 5.82 Å². The summed E-state index contributed by atoms with van der Waals surface area (Å²) in [7, 11) is 0. The molecule has 0 atom stereocenters. The second-order valence-corrected chi connectivity index (χ2v) is 1.05. The summed E-state index contributed by atoms with van der Waals surface area (Å²) < 4.78 is 0. The number of anilines is 1. The summed E-state index contributed by atoms with van der Waals surface area (Å²) in [4.78, 5) is 0. The van der Waals surface area contributed by atoms with Crippen molar-refractivity contribution >= 4 is 5.82 Å². The molecule has 1 aromatic rings. The van der Waals surface area contributed by atoms with Crippen LogP contribution in [0, 0.1) is 0 Å². The maximum Gasteiger partial charge on any atom is 0.149 e. The highest BCUT2D eigenvalue weighted by Gasteiger charge is 1.76. The molecule has 0 saturated heterocycles. The molecule has 0 spiro atoms. The Bertz CT molecular complexity index is 137. The van der Waals surface area contributed by atoms with Crippen molar-refractivity contribution in [3.05, 3.63) is 12.3 Å². The zero-order valence-electron chi connectivity index (χ0n) is 3.57. The topological polar surface area (TPSA) is 64.7 Å². The fourth-order valence-corrected chi connectivity index (χ4v) is 0.250. The number of aromatic nitrogens is 3. The van der Waals surface area contributed by atoms with E-state index in [1.54, 1.807) is 6.07 Å². The Morgan fingerprint density at radius 1 is 1.57 bits per heavy atom. The first-order valence-corrected chi connectivity index (χ1v) is 1.79. The van der Waals surface area contributed by atoms with Crippen LogP contribution in [0.2, 0.25) is 0 Å². The van der Waals surface area contributed by atoms with E-state index in [0.717, 1.165) is 0 Å². The second-order valence-electron chi connectivity index (χ2n) is 1.05. The van der Waals surface area contributed by atoms with Gasteiger partial charge in [-0.2, -0.15) is 0 Å². The fourth-order valence-electron chi connectivity index (χ4n) is 0.250. The molecular formula is C3H4N4. The summed E-state index contributed by atoms with van der Waals surface area (Å²) in [6.07, 6.45) is 1.49. The molecule has 1 aromatic heterocycles. The van der Waals surface area contributed by atoms with E-state index >= 15 is 0 Å². The molecule has 4 nitrogen and oxygen atoms in total. The standard InChI is InChI=1S/C3H4N4/c4-3-1-2-5-7-6-3/h1-2H,(H2,4,5,6). The summed E-state index contributed by atoms with van der Waals surface area (Å²) in [6, 6.07) is 1.58. The van der Waals surface area contributed by atoms with Crippen LogP contribution >= 0.6 is 0 Å². The molecule has 0 fully saturated rings. The fraction of sp³-hybridized carbons (Fsp3) is 0. The van der Waals surface area contributed by atoms with Crippen LogP contribution in [0.5, 0.6) is 0 Å². The average molecular weight is 96.1 g/mol. The van der Waals surface area contributed by atoms with E-state index < -0.39 is 0 Å². The van der Waals surface area contributed by atoms with Gasteiger partial charge in [-0.25, -0.2) is 0 Å². The van der Waals surface area contributed by atoms with Gasteiger partial charge in [0.25, 0.3) is 0 Å². The lowest BCUT2D eigenvalue weighted by atomic mass is 10.6. The SMILES string of the molecule is Nc1ccnnn1. The molecule has 4 heteroatoms. The smallest absolute Gasteiger partial charge is 0.149 e. The van der Waals surface area contributed by atoms with Gasteiger partial charge >= 0.3 is 0 Å². The van der Waals surface area contributed by atoms with Gasteiger partial charge in [-0.1, -0.05) is 0 Å². The molecule has 7 heavy (non-hydrogen) atoms. The minimum Gasteiger partial charge on any atom is -0.382 e. The lowest BCUT2D eigenvalue weighted by molar-refractivity contribution is 0.873. The molecule has 0 aliphatic heterocycles. The van der Waals surface area contributed by atoms with Crippen molar-refractivity contribution < 1.29 is 0 Å². The number of nitrogen functional groups attached to an aromatic ring is 1. The maximum absolute atomic E-state index is 5.14. The third kappa shape index (κ3) is 0.819. The van der Waals surface area contributed by atoms with Gasteiger partial charge in [-0.3, -0.25) is 0 Å². The molecular weight excluding hydrogens is 92.1 g/mol. The van der Waals surface area contributed by atoms with Crippen LogP contribution in [0.15, 0.2) is 12.3 Å². The van der Waals surface area contributed by atoms with Gasteiger partial charge in [0.15, 0.2) is 0 Å². The molecule has 2 N–H and O–H groups in total. The summed E-state index contributed by atoms with van der Waals surface area (Å²) >= 11 is 0. The Morgan fingerprint density at radius 2 is 2.43 bits per heavy atom. The van der Waals surface area contributed by atoms with Crippen molar-refractivity contribution in [3.63, 3.8) is 0 Å². The zero-order valence-corrected chi connectivity index (χ0v) is 3.57. The Hall–Kier alpha value is -1.19. The van der Waals surface area contributed by atoms with Gasteiger partial charge in [0.05, 0.1) is 6.20 Å². The molecule has 0 saturated carbocycles. The van der Waals surface area contributed by atoms with E-state index in [9.17, 15) is 0 Å². The van der Waals surface area contributed by atoms with Crippen LogP contribution in [0.25, 0.3) is 0 Å². The number of hydrogen-bond donors (Lipinski definition) is 1. The average Bonchev–Trinajstić information content (AvgIpc) is 1.69. The van der Waals surface area contributed by atoms with Crippen molar-refractivity contribution in [3.8, 4) is 0 Å². The summed E-state index contributed by atoms with van der Waals surface area (Å²) in [5.41, 5.74) is 5.14. The van der Waals surface area contributed by atoms with Crippen LogP contribution in [-0.2, 0) is 0 Å². The third-order valence-electron chi connectivity index (χ3n) is 0.524. The Balaban J connectivity index is 3.02. The quantitative estimate of drug-likeness (QED) is 0.470. The van der Waals surface area contributed by atoms with Crippen LogP contribution in [0.1, 0.15) is 0 Å². The van der Waals surface area contributed by atoms with Gasteiger partial charge < -0.3 is 5.73 Å². The molecule has 0 bridgehead atoms. The van der Waals surface area contributed by atoms with Crippen molar-refractivity contribution in [1.82, 2.24) is 15.4 Å². The van der Waals surface area contributed by atoms with Crippen LogP contribution < -0.4 is 5.73 Å². The van der Waals surface area contributed by atoms with Crippen molar-refractivity contribution in [2.24, 2.45) is 0 Å². The van der Waals surface area contributed by atoms with Crippen molar-refractivity contribution in [1.29, 1.82) is 0 Å². The van der Waals surface area contributed by atoms with E-state index in [2.05, 4.69) is 15.4 Å². The van der Waals surface area contributed by atoms with Gasteiger partial charge in [-0.15, -0.1) is 10.2 Å². The highest BCUT2D eigenvalue weighted by Crippen LogP contribution is 1.83. The molecule has 0 aliphatic carbocycles. The predicted molar refractivity (Wildman–Crippen MR) is 24.2 cm³/mol. The van der Waals surface area contributed by atoms with E-state index in [4.69, 9.17) is 5.73 Å². The largest absolute Gasteiger partial charge is 0.382 e. The molecule has 0 aromatic carbocycles. The number of rotatable bonds is 0. The first-order chi connectivity index (χ1) is 3.39. The molecule has 1 heterocycles. The van der Waals surface area contributed by atoms with E-state index in [1.807, 2.05) is 0 Å².